The summed E-state index contributed by atoms with van der Waals surface area (Å²) < 4.78 is 0. The third-order valence-electron chi connectivity index (χ3n) is 3.79. The number of fused-ring (bicyclic) bond motifs is 1. The molecule has 0 spiro atoms. The summed E-state index contributed by atoms with van der Waals surface area (Å²) in [5.41, 5.74) is 3.13. The second-order valence-electron chi connectivity index (χ2n) is 5.32. The van der Waals surface area contributed by atoms with Gasteiger partial charge in [0.2, 0.25) is 0 Å². The van der Waals surface area contributed by atoms with Crippen molar-refractivity contribution in [3.8, 4) is 0 Å². The van der Waals surface area contributed by atoms with Crippen LogP contribution in [0.2, 0.25) is 0 Å². The highest BCUT2D eigenvalue weighted by atomic mass is 16.4. The van der Waals surface area contributed by atoms with Crippen molar-refractivity contribution in [2.24, 2.45) is 0 Å². The summed E-state index contributed by atoms with van der Waals surface area (Å²) in [4.78, 5) is 14.7. The summed E-state index contributed by atoms with van der Waals surface area (Å²) in [6.07, 6.45) is 2.34. The van der Waals surface area contributed by atoms with E-state index in [0.717, 1.165) is 22.0 Å². The van der Waals surface area contributed by atoms with E-state index >= 15 is 0 Å². The van der Waals surface area contributed by atoms with E-state index in [9.17, 15) is 9.90 Å². The highest BCUT2D eigenvalue weighted by molar-refractivity contribution is 5.84. The lowest BCUT2D eigenvalue weighted by Gasteiger charge is -2.14. The molecule has 2 aromatic carbocycles. The van der Waals surface area contributed by atoms with Gasteiger partial charge in [-0.2, -0.15) is 0 Å². The molecule has 0 saturated carbocycles. The first-order chi connectivity index (χ1) is 10.7. The number of hydrogen-bond acceptors (Lipinski definition) is 2. The minimum absolute atomic E-state index is 0.451. The lowest BCUT2D eigenvalue weighted by Crippen LogP contribution is -2.38. The molecule has 3 rings (SSSR count). The number of benzene rings is 2. The van der Waals surface area contributed by atoms with Crippen LogP contribution in [0.5, 0.6) is 0 Å². The Hall–Kier alpha value is -2.59. The molecule has 1 atom stereocenters. The molecule has 0 unspecified atom stereocenters. The maximum Gasteiger partial charge on any atom is 0.321 e. The third kappa shape index (κ3) is 3.18. The van der Waals surface area contributed by atoms with Crippen LogP contribution < -0.4 is 5.32 Å². The molecule has 4 nitrogen and oxygen atoms in total. The average Bonchev–Trinajstić information content (AvgIpc) is 2.95. The molecule has 0 aliphatic carbocycles. The number of rotatable bonds is 6. The van der Waals surface area contributed by atoms with E-state index in [4.69, 9.17) is 0 Å². The van der Waals surface area contributed by atoms with Gasteiger partial charge in [0.25, 0.3) is 0 Å². The normalized spacial score (nSPS) is 12.4. The molecule has 1 heterocycles. The van der Waals surface area contributed by atoms with Crippen molar-refractivity contribution in [2.45, 2.75) is 19.0 Å². The summed E-state index contributed by atoms with van der Waals surface area (Å²) in [7, 11) is 0. The summed E-state index contributed by atoms with van der Waals surface area (Å²) in [6.45, 7) is 0.542. The molecule has 0 bridgehead atoms. The zero-order valence-electron chi connectivity index (χ0n) is 12.1. The quantitative estimate of drug-likeness (QED) is 0.655. The van der Waals surface area contributed by atoms with Crippen molar-refractivity contribution in [3.63, 3.8) is 0 Å². The number of H-pyrrole nitrogens is 1. The number of hydrogen-bond donors (Lipinski definition) is 3. The number of carboxylic acid groups (broad SMARTS) is 1. The maximum atomic E-state index is 11.5. The van der Waals surface area contributed by atoms with E-state index in [-0.39, 0.29) is 0 Å². The first kappa shape index (κ1) is 14.4. The van der Waals surface area contributed by atoms with Crippen molar-refractivity contribution in [1.82, 2.24) is 10.3 Å². The van der Waals surface area contributed by atoms with Gasteiger partial charge in [-0.3, -0.25) is 4.79 Å². The Labute approximate surface area is 128 Å². The Bertz CT molecular complexity index is 765. The van der Waals surface area contributed by atoms with Crippen LogP contribution in [0.4, 0.5) is 0 Å². The van der Waals surface area contributed by atoms with Crippen LogP contribution in [-0.4, -0.2) is 22.1 Å². The summed E-state index contributed by atoms with van der Waals surface area (Å²) in [6, 6.07) is 17.1. The minimum atomic E-state index is -0.832. The van der Waals surface area contributed by atoms with E-state index in [2.05, 4.69) is 10.3 Å². The molecule has 0 aliphatic rings. The van der Waals surface area contributed by atoms with Crippen LogP contribution in [0.15, 0.2) is 60.8 Å². The zero-order valence-corrected chi connectivity index (χ0v) is 12.1. The summed E-state index contributed by atoms with van der Waals surface area (Å²) in [5.74, 6) is -0.832. The first-order valence-corrected chi connectivity index (χ1v) is 7.29. The first-order valence-electron chi connectivity index (χ1n) is 7.29. The smallest absolute Gasteiger partial charge is 0.321 e. The lowest BCUT2D eigenvalue weighted by atomic mass is 10.0. The van der Waals surface area contributed by atoms with E-state index in [0.29, 0.717) is 13.0 Å². The Morgan fingerprint density at radius 3 is 2.59 bits per heavy atom. The van der Waals surface area contributed by atoms with Crippen LogP contribution in [0.3, 0.4) is 0 Å². The molecule has 4 heteroatoms. The number of nitrogens with one attached hydrogen (secondary N) is 2. The van der Waals surface area contributed by atoms with Gasteiger partial charge in [0, 0.05) is 30.1 Å². The van der Waals surface area contributed by atoms with E-state index in [1.807, 2.05) is 60.8 Å². The molecule has 3 aromatic rings. The fourth-order valence-electron chi connectivity index (χ4n) is 2.60. The number of aromatic nitrogens is 1. The average molecular weight is 294 g/mol. The highest BCUT2D eigenvalue weighted by Gasteiger charge is 2.19. The topological polar surface area (TPSA) is 65.1 Å². The molecule has 0 fully saturated rings. The largest absolute Gasteiger partial charge is 0.480 e. The number of aliphatic carboxylic acids is 1. The van der Waals surface area contributed by atoms with Crippen molar-refractivity contribution in [2.75, 3.05) is 0 Å². The fraction of sp³-hybridized carbons (Fsp3) is 0.167. The zero-order chi connectivity index (χ0) is 15.4. The molecular formula is C18H18N2O2. The predicted octanol–water partition coefficient (Wildman–Crippen LogP) is 2.95. The molecule has 112 valence electrons. The Balaban J connectivity index is 1.73. The standard InChI is InChI=1S/C18H18N2O2/c21-18(22)17(19-11-13-6-2-1-3-7-13)10-14-12-20-16-9-5-4-8-15(14)16/h1-9,12,17,19-20H,10-11H2,(H,21,22)/t17-/m0/s1. The number of carboxylic acids is 1. The van der Waals surface area contributed by atoms with Crippen LogP contribution in [-0.2, 0) is 17.8 Å². The van der Waals surface area contributed by atoms with Gasteiger partial charge in [0.05, 0.1) is 0 Å². The second-order valence-corrected chi connectivity index (χ2v) is 5.32. The Kier molecular flexibility index (Phi) is 4.21. The maximum absolute atomic E-state index is 11.5. The highest BCUT2D eigenvalue weighted by Crippen LogP contribution is 2.19. The van der Waals surface area contributed by atoms with Crippen molar-refractivity contribution >= 4 is 16.9 Å². The van der Waals surface area contributed by atoms with E-state index in [1.54, 1.807) is 0 Å². The lowest BCUT2D eigenvalue weighted by molar-refractivity contribution is -0.139. The summed E-state index contributed by atoms with van der Waals surface area (Å²) in [5, 5.41) is 13.7. The van der Waals surface area contributed by atoms with Crippen LogP contribution in [0.25, 0.3) is 10.9 Å². The molecule has 3 N–H and O–H groups in total. The van der Waals surface area contributed by atoms with Crippen molar-refractivity contribution in [3.05, 3.63) is 71.9 Å². The molecule has 1 aromatic heterocycles. The van der Waals surface area contributed by atoms with Gasteiger partial charge in [-0.15, -0.1) is 0 Å². The Morgan fingerprint density at radius 1 is 1.09 bits per heavy atom. The summed E-state index contributed by atoms with van der Waals surface area (Å²) >= 11 is 0. The Morgan fingerprint density at radius 2 is 1.82 bits per heavy atom. The molecule has 0 amide bonds. The van der Waals surface area contributed by atoms with Gasteiger partial charge in [-0.25, -0.2) is 0 Å². The number of aromatic amines is 1. The van der Waals surface area contributed by atoms with Gasteiger partial charge >= 0.3 is 5.97 Å². The second kappa shape index (κ2) is 6.45. The third-order valence-corrected chi connectivity index (χ3v) is 3.79. The molecule has 0 aliphatic heterocycles. The fourth-order valence-corrected chi connectivity index (χ4v) is 2.60. The minimum Gasteiger partial charge on any atom is -0.480 e. The van der Waals surface area contributed by atoms with Crippen LogP contribution in [0.1, 0.15) is 11.1 Å². The van der Waals surface area contributed by atoms with Crippen molar-refractivity contribution < 1.29 is 9.90 Å². The number of para-hydroxylation sites is 1. The molecular weight excluding hydrogens is 276 g/mol. The molecule has 0 radical (unpaired) electrons. The van der Waals surface area contributed by atoms with Gasteiger partial charge in [0.15, 0.2) is 0 Å². The van der Waals surface area contributed by atoms with Crippen LogP contribution >= 0.6 is 0 Å². The SMILES string of the molecule is O=C(O)[C@H](Cc1c[nH]c2ccccc12)NCc1ccccc1. The van der Waals surface area contributed by atoms with E-state index in [1.165, 1.54) is 0 Å². The molecule has 0 saturated heterocycles. The van der Waals surface area contributed by atoms with Crippen molar-refractivity contribution in [1.29, 1.82) is 0 Å². The monoisotopic (exact) mass is 294 g/mol. The molecule has 22 heavy (non-hydrogen) atoms. The van der Waals surface area contributed by atoms with Gasteiger partial charge in [0.1, 0.15) is 6.04 Å². The van der Waals surface area contributed by atoms with Gasteiger partial charge in [-0.1, -0.05) is 48.5 Å². The predicted molar refractivity (Wildman–Crippen MR) is 86.7 cm³/mol. The van der Waals surface area contributed by atoms with Gasteiger partial charge in [-0.05, 0) is 17.2 Å². The van der Waals surface area contributed by atoms with Crippen LogP contribution in [0, 0.1) is 0 Å². The number of carbonyl (C=O) groups is 1. The van der Waals surface area contributed by atoms with Gasteiger partial charge < -0.3 is 15.4 Å². The van der Waals surface area contributed by atoms with E-state index < -0.39 is 12.0 Å².